The van der Waals surface area contributed by atoms with Crippen molar-refractivity contribution in [1.29, 1.82) is 0 Å². The number of nitrogens with zero attached hydrogens (tertiary/aromatic N) is 1. The molecule has 2 aromatic heterocycles. The van der Waals surface area contributed by atoms with Crippen LogP contribution in [-0.4, -0.2) is 9.97 Å². The van der Waals surface area contributed by atoms with Crippen molar-refractivity contribution in [3.8, 4) is 11.8 Å². The van der Waals surface area contributed by atoms with Crippen molar-refractivity contribution in [3.05, 3.63) is 64.7 Å². The van der Waals surface area contributed by atoms with E-state index in [-0.39, 0.29) is 5.82 Å². The first-order chi connectivity index (χ1) is 9.25. The average Bonchev–Trinajstić information content (AvgIpc) is 2.89. The van der Waals surface area contributed by atoms with Crippen LogP contribution in [0.1, 0.15) is 11.1 Å². The highest BCUT2D eigenvalue weighted by atomic mass is 35.5. The first-order valence-electron chi connectivity index (χ1n) is 5.64. The Morgan fingerprint density at radius 2 is 1.89 bits per heavy atom. The fraction of sp³-hybridized carbons (Fsp3) is 0. The number of aromatic amines is 1. The fourth-order valence-electron chi connectivity index (χ4n) is 1.76. The molecule has 0 aliphatic rings. The summed E-state index contributed by atoms with van der Waals surface area (Å²) in [6.45, 7) is 0. The number of nitrogens with one attached hydrogen (secondary N) is 1. The molecule has 0 aliphatic carbocycles. The van der Waals surface area contributed by atoms with E-state index in [0.717, 1.165) is 5.39 Å². The van der Waals surface area contributed by atoms with Gasteiger partial charge in [-0.2, -0.15) is 0 Å². The maximum absolute atomic E-state index is 13.4. The van der Waals surface area contributed by atoms with Gasteiger partial charge in [-0.1, -0.05) is 35.6 Å². The molecule has 0 fully saturated rings. The maximum Gasteiger partial charge on any atom is 0.138 e. The summed E-state index contributed by atoms with van der Waals surface area (Å²) in [5.41, 5.74) is 1.63. The van der Waals surface area contributed by atoms with Crippen LogP contribution in [0.25, 0.3) is 11.0 Å². The molecule has 0 unspecified atom stereocenters. The van der Waals surface area contributed by atoms with Crippen LogP contribution in [0.5, 0.6) is 0 Å². The third-order valence-corrected chi connectivity index (χ3v) is 3.13. The predicted octanol–water partition coefficient (Wildman–Crippen LogP) is 3.76. The van der Waals surface area contributed by atoms with E-state index in [9.17, 15) is 4.39 Å². The van der Waals surface area contributed by atoms with Gasteiger partial charge in [0.1, 0.15) is 11.5 Å². The lowest BCUT2D eigenvalue weighted by molar-refractivity contribution is 0.624. The predicted molar refractivity (Wildman–Crippen MR) is 73.5 cm³/mol. The van der Waals surface area contributed by atoms with E-state index < -0.39 is 0 Å². The third kappa shape index (κ3) is 2.18. The Labute approximate surface area is 114 Å². The van der Waals surface area contributed by atoms with E-state index in [4.69, 9.17) is 11.6 Å². The van der Waals surface area contributed by atoms with Gasteiger partial charge in [0.2, 0.25) is 0 Å². The van der Waals surface area contributed by atoms with Crippen molar-refractivity contribution in [1.82, 2.24) is 9.97 Å². The molecule has 2 nitrogen and oxygen atoms in total. The summed E-state index contributed by atoms with van der Waals surface area (Å²) in [7, 11) is 0. The monoisotopic (exact) mass is 270 g/mol. The van der Waals surface area contributed by atoms with Gasteiger partial charge in [0, 0.05) is 17.8 Å². The number of pyridine rings is 1. The van der Waals surface area contributed by atoms with E-state index in [0.29, 0.717) is 21.8 Å². The SMILES string of the molecule is Fc1ccccc1C#Cc1cnc2[nH]ccc2c1Cl. The van der Waals surface area contributed by atoms with Gasteiger partial charge in [-0.3, -0.25) is 0 Å². The van der Waals surface area contributed by atoms with E-state index in [1.165, 1.54) is 6.07 Å². The third-order valence-electron chi connectivity index (χ3n) is 2.73. The molecule has 92 valence electrons. The molecular weight excluding hydrogens is 263 g/mol. The first kappa shape index (κ1) is 11.8. The number of fused-ring (bicyclic) bond motifs is 1. The molecular formula is C15H8ClFN2. The van der Waals surface area contributed by atoms with Crippen LogP contribution >= 0.6 is 11.6 Å². The number of rotatable bonds is 0. The van der Waals surface area contributed by atoms with Crippen LogP contribution in [0.15, 0.2) is 42.7 Å². The Morgan fingerprint density at radius 3 is 2.74 bits per heavy atom. The number of benzene rings is 1. The smallest absolute Gasteiger partial charge is 0.138 e. The molecule has 0 spiro atoms. The molecule has 0 amide bonds. The van der Waals surface area contributed by atoms with Gasteiger partial charge in [-0.25, -0.2) is 9.37 Å². The van der Waals surface area contributed by atoms with Crippen LogP contribution in [0.3, 0.4) is 0 Å². The van der Waals surface area contributed by atoms with E-state index in [1.807, 2.05) is 6.07 Å². The summed E-state index contributed by atoms with van der Waals surface area (Å²) in [4.78, 5) is 7.17. The second-order valence-corrected chi connectivity index (χ2v) is 4.33. The summed E-state index contributed by atoms with van der Waals surface area (Å²) < 4.78 is 13.4. The minimum absolute atomic E-state index is 0.340. The summed E-state index contributed by atoms with van der Waals surface area (Å²) in [6, 6.07) is 8.19. The second kappa shape index (κ2) is 4.75. The van der Waals surface area contributed by atoms with Crippen molar-refractivity contribution >= 4 is 22.6 Å². The normalized spacial score (nSPS) is 10.2. The lowest BCUT2D eigenvalue weighted by Gasteiger charge is -1.97. The quantitative estimate of drug-likeness (QED) is 0.619. The minimum Gasteiger partial charge on any atom is -0.346 e. The lowest BCUT2D eigenvalue weighted by atomic mass is 10.2. The molecule has 0 bridgehead atoms. The van der Waals surface area contributed by atoms with Gasteiger partial charge in [-0.15, -0.1) is 0 Å². The summed E-state index contributed by atoms with van der Waals surface area (Å²) in [5.74, 6) is 5.28. The maximum atomic E-state index is 13.4. The number of H-pyrrole nitrogens is 1. The lowest BCUT2D eigenvalue weighted by Crippen LogP contribution is -1.85. The second-order valence-electron chi connectivity index (χ2n) is 3.96. The van der Waals surface area contributed by atoms with Gasteiger partial charge >= 0.3 is 0 Å². The first-order valence-corrected chi connectivity index (χ1v) is 6.01. The van der Waals surface area contributed by atoms with Crippen molar-refractivity contribution in [2.75, 3.05) is 0 Å². The molecule has 0 radical (unpaired) electrons. The molecule has 3 rings (SSSR count). The van der Waals surface area contributed by atoms with Crippen LogP contribution < -0.4 is 0 Å². The molecule has 0 saturated heterocycles. The molecule has 1 aromatic carbocycles. The molecule has 0 atom stereocenters. The zero-order valence-corrected chi connectivity index (χ0v) is 10.5. The molecule has 4 heteroatoms. The summed E-state index contributed by atoms with van der Waals surface area (Å²) >= 11 is 6.23. The Morgan fingerprint density at radius 1 is 1.11 bits per heavy atom. The number of hydrogen-bond acceptors (Lipinski definition) is 1. The highest BCUT2D eigenvalue weighted by Gasteiger charge is 2.05. The number of aromatic nitrogens is 2. The largest absolute Gasteiger partial charge is 0.346 e. The van der Waals surface area contributed by atoms with Gasteiger partial charge in [0.15, 0.2) is 0 Å². The zero-order chi connectivity index (χ0) is 13.2. The minimum atomic E-state index is -0.346. The average molecular weight is 271 g/mol. The molecule has 1 N–H and O–H groups in total. The highest BCUT2D eigenvalue weighted by Crippen LogP contribution is 2.24. The van der Waals surface area contributed by atoms with E-state index in [1.54, 1.807) is 30.6 Å². The number of hydrogen-bond donors (Lipinski definition) is 1. The molecule has 3 aromatic rings. The van der Waals surface area contributed by atoms with Crippen LogP contribution in [0.4, 0.5) is 4.39 Å². The van der Waals surface area contributed by atoms with Gasteiger partial charge in [-0.05, 0) is 18.2 Å². The van der Waals surface area contributed by atoms with Gasteiger partial charge in [0.05, 0.1) is 16.1 Å². The Bertz CT molecular complexity index is 812. The van der Waals surface area contributed by atoms with Crippen molar-refractivity contribution < 1.29 is 4.39 Å². The van der Waals surface area contributed by atoms with Crippen molar-refractivity contribution in [3.63, 3.8) is 0 Å². The zero-order valence-electron chi connectivity index (χ0n) is 9.74. The fourth-order valence-corrected chi connectivity index (χ4v) is 2.01. The molecule has 0 saturated carbocycles. The Kier molecular flexibility index (Phi) is 2.94. The summed E-state index contributed by atoms with van der Waals surface area (Å²) in [6.07, 6.45) is 3.34. The number of halogens is 2. The Hall–Kier alpha value is -2.31. The molecule has 19 heavy (non-hydrogen) atoms. The Balaban J connectivity index is 2.07. The highest BCUT2D eigenvalue weighted by molar-refractivity contribution is 6.36. The van der Waals surface area contributed by atoms with E-state index >= 15 is 0 Å². The molecule has 0 aliphatic heterocycles. The van der Waals surface area contributed by atoms with Crippen molar-refractivity contribution in [2.45, 2.75) is 0 Å². The van der Waals surface area contributed by atoms with Crippen LogP contribution in [0, 0.1) is 17.7 Å². The van der Waals surface area contributed by atoms with Crippen LogP contribution in [0.2, 0.25) is 5.02 Å². The standard InChI is InChI=1S/C15H8ClFN2/c16-14-11(9-19-15-12(14)7-8-18-15)6-5-10-3-1-2-4-13(10)17/h1-4,7-9H,(H,18,19). The van der Waals surface area contributed by atoms with Gasteiger partial charge < -0.3 is 4.98 Å². The van der Waals surface area contributed by atoms with Crippen molar-refractivity contribution in [2.24, 2.45) is 0 Å². The topological polar surface area (TPSA) is 28.7 Å². The summed E-state index contributed by atoms with van der Waals surface area (Å²) in [5, 5.41) is 1.33. The van der Waals surface area contributed by atoms with Gasteiger partial charge in [0.25, 0.3) is 0 Å². The van der Waals surface area contributed by atoms with E-state index in [2.05, 4.69) is 21.8 Å². The van der Waals surface area contributed by atoms with Crippen LogP contribution in [-0.2, 0) is 0 Å². The molecule has 2 heterocycles.